The van der Waals surface area contributed by atoms with Gasteiger partial charge in [-0.05, 0) is 36.2 Å². The first-order valence-corrected chi connectivity index (χ1v) is 8.63. The summed E-state index contributed by atoms with van der Waals surface area (Å²) in [5.41, 5.74) is 0.560. The maximum atomic E-state index is 13.9. The minimum absolute atomic E-state index is 0.0235. The van der Waals surface area contributed by atoms with Crippen LogP contribution in [0.5, 0.6) is 5.75 Å². The first-order chi connectivity index (χ1) is 12.5. The van der Waals surface area contributed by atoms with Crippen molar-refractivity contribution in [1.29, 1.82) is 0 Å². The van der Waals surface area contributed by atoms with Crippen molar-refractivity contribution in [2.45, 2.75) is 24.5 Å². The molecule has 0 bridgehead atoms. The minimum Gasteiger partial charge on any atom is -0.494 e. The number of β-amino-alcohol motifs (C(OH)–C–C–N with tert-alkyl or cyclic N) is 1. The molecule has 1 aliphatic rings. The number of aliphatic hydroxyl groups is 1. The monoisotopic (exact) mass is 358 g/mol. The number of hydrogen-bond acceptors (Lipinski definition) is 4. The summed E-state index contributed by atoms with van der Waals surface area (Å²) in [6, 6.07) is 13.9. The van der Waals surface area contributed by atoms with Crippen LogP contribution in [0.1, 0.15) is 17.5 Å². The van der Waals surface area contributed by atoms with E-state index in [9.17, 15) is 14.3 Å². The molecule has 5 nitrogen and oxygen atoms in total. The zero-order chi connectivity index (χ0) is 18.6. The predicted octanol–water partition coefficient (Wildman–Crippen LogP) is 1.74. The molecule has 2 aromatic carbocycles. The Balaban J connectivity index is 1.81. The number of halogens is 1. The molecular formula is C20H23FN2O3. The molecule has 0 radical (unpaired) electrons. The molecular weight excluding hydrogens is 335 g/mol. The number of hydrogen-bond donors (Lipinski definition) is 3. The lowest BCUT2D eigenvalue weighted by Crippen LogP contribution is -2.61. The van der Waals surface area contributed by atoms with E-state index in [0.717, 1.165) is 5.56 Å². The van der Waals surface area contributed by atoms with Gasteiger partial charge in [-0.3, -0.25) is 4.79 Å². The normalized spacial score (nSPS) is 22.7. The van der Waals surface area contributed by atoms with Gasteiger partial charge in [0.2, 0.25) is 5.91 Å². The zero-order valence-corrected chi connectivity index (χ0v) is 14.7. The van der Waals surface area contributed by atoms with Crippen LogP contribution in [-0.4, -0.2) is 37.3 Å². The fourth-order valence-electron chi connectivity index (χ4n) is 3.45. The summed E-state index contributed by atoms with van der Waals surface area (Å²) < 4.78 is 18.8. The van der Waals surface area contributed by atoms with Gasteiger partial charge in [-0.15, -0.1) is 0 Å². The Morgan fingerprint density at radius 3 is 2.77 bits per heavy atom. The Hall–Kier alpha value is -2.44. The van der Waals surface area contributed by atoms with Gasteiger partial charge in [-0.25, -0.2) is 4.39 Å². The number of methoxy groups -OCH3 is 1. The SMILES string of the molecule is COc1ccc(CC(=O)N[C@]2(c3ccccc3)CCNC[C@H]2O)cc1F. The molecule has 0 unspecified atom stereocenters. The van der Waals surface area contributed by atoms with Gasteiger partial charge in [-0.2, -0.15) is 0 Å². The Kier molecular flexibility index (Phi) is 5.54. The molecule has 1 aliphatic heterocycles. The number of nitrogens with one attached hydrogen (secondary N) is 2. The van der Waals surface area contributed by atoms with Crippen molar-refractivity contribution in [2.75, 3.05) is 20.2 Å². The van der Waals surface area contributed by atoms with Gasteiger partial charge in [0.05, 0.1) is 25.2 Å². The third-order valence-electron chi connectivity index (χ3n) is 4.83. The lowest BCUT2D eigenvalue weighted by Gasteiger charge is -2.43. The van der Waals surface area contributed by atoms with Gasteiger partial charge in [0.15, 0.2) is 11.6 Å². The van der Waals surface area contributed by atoms with Gasteiger partial charge in [-0.1, -0.05) is 36.4 Å². The van der Waals surface area contributed by atoms with Crippen molar-refractivity contribution in [3.8, 4) is 5.75 Å². The Bertz CT molecular complexity index is 769. The van der Waals surface area contributed by atoms with Gasteiger partial charge in [0.25, 0.3) is 0 Å². The van der Waals surface area contributed by atoms with E-state index in [2.05, 4.69) is 10.6 Å². The number of amides is 1. The molecule has 1 amide bonds. The van der Waals surface area contributed by atoms with E-state index in [-0.39, 0.29) is 18.1 Å². The maximum absolute atomic E-state index is 13.9. The second-order valence-corrected chi connectivity index (χ2v) is 6.50. The summed E-state index contributed by atoms with van der Waals surface area (Å²) in [7, 11) is 1.40. The topological polar surface area (TPSA) is 70.6 Å². The molecule has 1 saturated heterocycles. The fraction of sp³-hybridized carbons (Fsp3) is 0.350. The molecule has 0 aliphatic carbocycles. The predicted molar refractivity (Wildman–Crippen MR) is 96.4 cm³/mol. The number of piperidine rings is 1. The minimum atomic E-state index is -0.853. The maximum Gasteiger partial charge on any atom is 0.225 e. The van der Waals surface area contributed by atoms with Crippen molar-refractivity contribution in [1.82, 2.24) is 10.6 Å². The number of carbonyl (C=O) groups excluding carboxylic acids is 1. The van der Waals surface area contributed by atoms with E-state index in [1.54, 1.807) is 6.07 Å². The largest absolute Gasteiger partial charge is 0.494 e. The lowest BCUT2D eigenvalue weighted by molar-refractivity contribution is -0.125. The average molecular weight is 358 g/mol. The van der Waals surface area contributed by atoms with Crippen LogP contribution in [0.4, 0.5) is 4.39 Å². The summed E-state index contributed by atoms with van der Waals surface area (Å²) >= 11 is 0. The van der Waals surface area contributed by atoms with Crippen molar-refractivity contribution >= 4 is 5.91 Å². The highest BCUT2D eigenvalue weighted by molar-refractivity contribution is 5.79. The van der Waals surface area contributed by atoms with Crippen molar-refractivity contribution in [3.05, 3.63) is 65.5 Å². The van der Waals surface area contributed by atoms with Gasteiger partial charge in [0, 0.05) is 6.54 Å². The third kappa shape index (κ3) is 3.71. The Morgan fingerprint density at radius 1 is 1.35 bits per heavy atom. The number of ether oxygens (including phenoxy) is 1. The summed E-state index contributed by atoms with van der Waals surface area (Å²) in [5.74, 6) is -0.625. The highest BCUT2D eigenvalue weighted by Gasteiger charge is 2.42. The summed E-state index contributed by atoms with van der Waals surface area (Å²) in [4.78, 5) is 12.7. The first kappa shape index (κ1) is 18.4. The molecule has 0 saturated carbocycles. The first-order valence-electron chi connectivity index (χ1n) is 8.63. The van der Waals surface area contributed by atoms with Crippen LogP contribution in [0.2, 0.25) is 0 Å². The molecule has 0 spiro atoms. The second-order valence-electron chi connectivity index (χ2n) is 6.50. The lowest BCUT2D eigenvalue weighted by atomic mass is 9.79. The molecule has 26 heavy (non-hydrogen) atoms. The van der Waals surface area contributed by atoms with E-state index in [0.29, 0.717) is 25.1 Å². The molecule has 6 heteroatoms. The summed E-state index contributed by atoms with van der Waals surface area (Å²) in [6.07, 6.45) is -0.161. The van der Waals surface area contributed by atoms with Crippen LogP contribution in [0, 0.1) is 5.82 Å². The van der Waals surface area contributed by atoms with E-state index in [4.69, 9.17) is 4.74 Å². The number of rotatable bonds is 5. The van der Waals surface area contributed by atoms with Crippen LogP contribution in [0.25, 0.3) is 0 Å². The van der Waals surface area contributed by atoms with Crippen LogP contribution < -0.4 is 15.4 Å². The molecule has 3 rings (SSSR count). The van der Waals surface area contributed by atoms with E-state index < -0.39 is 17.5 Å². The average Bonchev–Trinajstić information content (AvgIpc) is 2.64. The van der Waals surface area contributed by atoms with Gasteiger partial charge in [0.1, 0.15) is 0 Å². The molecule has 1 heterocycles. The molecule has 3 N–H and O–H groups in total. The van der Waals surface area contributed by atoms with Gasteiger partial charge < -0.3 is 20.5 Å². The number of carbonyl (C=O) groups is 1. The molecule has 0 aromatic heterocycles. The van der Waals surface area contributed by atoms with E-state index in [1.807, 2.05) is 30.3 Å². The quantitative estimate of drug-likeness (QED) is 0.762. The number of benzene rings is 2. The molecule has 2 aromatic rings. The molecule has 1 fully saturated rings. The smallest absolute Gasteiger partial charge is 0.225 e. The van der Waals surface area contributed by atoms with Crippen molar-refractivity contribution in [3.63, 3.8) is 0 Å². The molecule has 2 atom stereocenters. The van der Waals surface area contributed by atoms with Crippen LogP contribution in [-0.2, 0) is 16.8 Å². The van der Waals surface area contributed by atoms with Crippen LogP contribution in [0.3, 0.4) is 0 Å². The Morgan fingerprint density at radius 2 is 2.12 bits per heavy atom. The fourth-order valence-corrected chi connectivity index (χ4v) is 3.45. The van der Waals surface area contributed by atoms with Gasteiger partial charge >= 0.3 is 0 Å². The molecule has 138 valence electrons. The highest BCUT2D eigenvalue weighted by atomic mass is 19.1. The van der Waals surface area contributed by atoms with Crippen LogP contribution >= 0.6 is 0 Å². The van der Waals surface area contributed by atoms with Crippen LogP contribution in [0.15, 0.2) is 48.5 Å². The summed E-state index contributed by atoms with van der Waals surface area (Å²) in [6.45, 7) is 1.08. The third-order valence-corrected chi connectivity index (χ3v) is 4.83. The van der Waals surface area contributed by atoms with E-state index >= 15 is 0 Å². The Labute approximate surface area is 152 Å². The second kappa shape index (κ2) is 7.85. The standard InChI is InChI=1S/C20H23FN2O3/c1-26-17-8-7-14(11-16(17)21)12-19(25)23-20(9-10-22-13-18(20)24)15-5-3-2-4-6-15/h2-8,11,18,22,24H,9-10,12-13H2,1H3,(H,23,25)/t18-,20+/m1/s1. The highest BCUT2D eigenvalue weighted by Crippen LogP contribution is 2.31. The van der Waals surface area contributed by atoms with E-state index in [1.165, 1.54) is 19.2 Å². The number of aliphatic hydroxyl groups excluding tert-OH is 1. The van der Waals surface area contributed by atoms with Crippen molar-refractivity contribution < 1.29 is 19.0 Å². The van der Waals surface area contributed by atoms with Crippen molar-refractivity contribution in [2.24, 2.45) is 0 Å². The summed E-state index contributed by atoms with van der Waals surface area (Å²) in [5, 5.41) is 16.8. The zero-order valence-electron chi connectivity index (χ0n) is 14.7.